The van der Waals surface area contributed by atoms with Gasteiger partial charge in [0, 0.05) is 0 Å². The zero-order valence-corrected chi connectivity index (χ0v) is 26.0. The van der Waals surface area contributed by atoms with Crippen LogP contribution in [0.2, 0.25) is 24.2 Å². The molecule has 200 valence electrons. The summed E-state index contributed by atoms with van der Waals surface area (Å²) >= 11 is 0. The van der Waals surface area contributed by atoms with Crippen molar-refractivity contribution >= 4 is 8.07 Å². The smallest absolute Gasteiger partial charge is 0.0546 e. The first-order valence-corrected chi connectivity index (χ1v) is 18.8. The molecule has 0 aromatic heterocycles. The molecule has 0 aliphatic rings. The molecule has 1 heteroatoms. The Labute approximate surface area is 213 Å². The number of unbranched alkanes of at least 4 members (excludes halogenated alkanes) is 4. The number of hydrogen-bond donors (Lipinski definition) is 0. The van der Waals surface area contributed by atoms with E-state index < -0.39 is 8.07 Å². The average Bonchev–Trinajstić information content (AvgIpc) is 2.84. The first-order valence-electron chi connectivity index (χ1n) is 16.0. The van der Waals surface area contributed by atoms with Crippen molar-refractivity contribution in [1.82, 2.24) is 0 Å². The molecule has 0 nitrogen and oxygen atoms in total. The fourth-order valence-corrected chi connectivity index (χ4v) is 14.6. The summed E-state index contributed by atoms with van der Waals surface area (Å²) in [4.78, 5) is 0. The van der Waals surface area contributed by atoms with Crippen LogP contribution in [0.3, 0.4) is 0 Å². The maximum Gasteiger partial charge on any atom is 0.0546 e. The predicted molar refractivity (Wildman–Crippen MR) is 158 cm³/mol. The minimum absolute atomic E-state index is 1.01. The molecule has 0 rings (SSSR count). The summed E-state index contributed by atoms with van der Waals surface area (Å²) in [5, 5.41) is 0. The van der Waals surface area contributed by atoms with E-state index in [1.54, 1.807) is 24.2 Å². The molecule has 0 unspecified atom stereocenters. The van der Waals surface area contributed by atoms with E-state index in [0.717, 1.165) is 23.7 Å². The molecule has 0 spiro atoms. The Bertz CT molecular complexity index is 326. The minimum Gasteiger partial charge on any atom is -0.0654 e. The highest BCUT2D eigenvalue weighted by Crippen LogP contribution is 2.44. The van der Waals surface area contributed by atoms with E-state index in [1.165, 1.54) is 103 Å². The molecule has 0 N–H and O–H groups in total. The zero-order valence-electron chi connectivity index (χ0n) is 25.0. The lowest BCUT2D eigenvalue weighted by atomic mass is 10.0. The number of rotatable bonds is 24. The maximum absolute atomic E-state index is 2.51. The lowest BCUT2D eigenvalue weighted by Gasteiger charge is -2.42. The summed E-state index contributed by atoms with van der Waals surface area (Å²) in [5.41, 5.74) is 0. The Balaban J connectivity index is 6.06. The van der Waals surface area contributed by atoms with E-state index >= 15 is 0 Å². The number of hydrogen-bond acceptors (Lipinski definition) is 0. The van der Waals surface area contributed by atoms with E-state index in [9.17, 15) is 0 Å². The summed E-state index contributed by atoms with van der Waals surface area (Å²) in [6.45, 7) is 19.6. The highest BCUT2D eigenvalue weighted by atomic mass is 28.3. The lowest BCUT2D eigenvalue weighted by molar-refractivity contribution is 0.427. The Hall–Kier alpha value is 0.217. The minimum atomic E-state index is -1.33. The molecule has 0 saturated carbocycles. The molecule has 0 aromatic rings. The first-order chi connectivity index (χ1) is 16.0. The Morgan fingerprint density at radius 3 is 0.727 bits per heavy atom. The standard InChI is InChI=1S/C32H68Si/c1-9-17-21-29(13-5)25-33(26-30(14-6)22-18-10-2,27-31(15-7)23-19-11-3)28-32(16-8)24-20-12-4/h29-32H,9-28H2,1-8H3/t29-,30-,31-,32+/m0/s1. The molecule has 0 amide bonds. The molecule has 0 bridgehead atoms. The topological polar surface area (TPSA) is 0 Å². The van der Waals surface area contributed by atoms with Crippen LogP contribution in [0, 0.1) is 23.7 Å². The summed E-state index contributed by atoms with van der Waals surface area (Å²) < 4.78 is 0. The average molecular weight is 481 g/mol. The largest absolute Gasteiger partial charge is 0.0654 e. The summed E-state index contributed by atoms with van der Waals surface area (Å²) in [7, 11) is -1.33. The summed E-state index contributed by atoms with van der Waals surface area (Å²) in [6.07, 6.45) is 23.1. The van der Waals surface area contributed by atoms with Gasteiger partial charge in [-0.25, -0.2) is 0 Å². The molecular weight excluding hydrogens is 412 g/mol. The van der Waals surface area contributed by atoms with Crippen molar-refractivity contribution in [1.29, 1.82) is 0 Å². The van der Waals surface area contributed by atoms with Crippen molar-refractivity contribution in [2.75, 3.05) is 0 Å². The molecular formula is C32H68Si. The van der Waals surface area contributed by atoms with Gasteiger partial charge in [-0.05, 0) is 23.7 Å². The second kappa shape index (κ2) is 21.5. The van der Waals surface area contributed by atoms with Crippen LogP contribution >= 0.6 is 0 Å². The molecule has 0 saturated heterocycles. The van der Waals surface area contributed by atoms with Gasteiger partial charge in [0.05, 0.1) is 8.07 Å². The second-order valence-corrected chi connectivity index (χ2v) is 16.6. The van der Waals surface area contributed by atoms with Gasteiger partial charge in [-0.1, -0.05) is 182 Å². The molecule has 0 fully saturated rings. The predicted octanol–water partition coefficient (Wildman–Crippen LogP) is 12.3. The third kappa shape index (κ3) is 15.0. The summed E-state index contributed by atoms with van der Waals surface area (Å²) in [5.74, 6) is 4.03. The maximum atomic E-state index is 2.51. The quantitative estimate of drug-likeness (QED) is 0.120. The van der Waals surface area contributed by atoms with Crippen LogP contribution in [0.15, 0.2) is 0 Å². The molecule has 0 heterocycles. The van der Waals surface area contributed by atoms with E-state index in [1.807, 2.05) is 0 Å². The SMILES string of the molecule is CCCC[C@@H](CC)C[Si](C[C@@H](CC)CCCC)(C[C@@H](CC)CCCC)C[C@@H](CC)CCCC. The van der Waals surface area contributed by atoms with Crippen LogP contribution < -0.4 is 0 Å². The highest BCUT2D eigenvalue weighted by molar-refractivity contribution is 6.80. The normalized spacial score (nSPS) is 16.0. The van der Waals surface area contributed by atoms with E-state index in [2.05, 4.69) is 55.4 Å². The van der Waals surface area contributed by atoms with E-state index in [4.69, 9.17) is 0 Å². The highest BCUT2D eigenvalue weighted by Gasteiger charge is 2.39. The molecule has 4 atom stereocenters. The van der Waals surface area contributed by atoms with Crippen LogP contribution in [0.1, 0.15) is 158 Å². The Kier molecular flexibility index (Phi) is 21.6. The third-order valence-corrected chi connectivity index (χ3v) is 14.8. The lowest BCUT2D eigenvalue weighted by Crippen LogP contribution is -2.42. The van der Waals surface area contributed by atoms with Crippen molar-refractivity contribution in [2.45, 2.75) is 182 Å². The summed E-state index contributed by atoms with van der Waals surface area (Å²) in [6, 6.07) is 6.66. The van der Waals surface area contributed by atoms with E-state index in [-0.39, 0.29) is 0 Å². The molecule has 0 aliphatic heterocycles. The fraction of sp³-hybridized carbons (Fsp3) is 1.00. The third-order valence-electron chi connectivity index (χ3n) is 9.06. The fourth-order valence-electron chi connectivity index (χ4n) is 6.72. The molecule has 0 radical (unpaired) electrons. The van der Waals surface area contributed by atoms with Crippen molar-refractivity contribution < 1.29 is 0 Å². The van der Waals surface area contributed by atoms with E-state index in [0.29, 0.717) is 0 Å². The van der Waals surface area contributed by atoms with Gasteiger partial charge in [-0.15, -0.1) is 0 Å². The first kappa shape index (κ1) is 33.2. The van der Waals surface area contributed by atoms with Gasteiger partial charge in [0.15, 0.2) is 0 Å². The Morgan fingerprint density at radius 1 is 0.364 bits per heavy atom. The van der Waals surface area contributed by atoms with Crippen LogP contribution in [0.5, 0.6) is 0 Å². The van der Waals surface area contributed by atoms with Gasteiger partial charge < -0.3 is 0 Å². The Morgan fingerprint density at radius 2 is 0.576 bits per heavy atom. The van der Waals surface area contributed by atoms with Gasteiger partial charge in [0.25, 0.3) is 0 Å². The van der Waals surface area contributed by atoms with Crippen LogP contribution in [-0.2, 0) is 0 Å². The molecule has 0 aliphatic carbocycles. The van der Waals surface area contributed by atoms with Crippen LogP contribution in [-0.4, -0.2) is 8.07 Å². The van der Waals surface area contributed by atoms with Gasteiger partial charge in [-0.2, -0.15) is 0 Å². The van der Waals surface area contributed by atoms with Crippen molar-refractivity contribution in [2.24, 2.45) is 23.7 Å². The van der Waals surface area contributed by atoms with Crippen molar-refractivity contribution in [3.8, 4) is 0 Å². The van der Waals surface area contributed by atoms with Gasteiger partial charge >= 0.3 is 0 Å². The van der Waals surface area contributed by atoms with Crippen LogP contribution in [0.4, 0.5) is 0 Å². The van der Waals surface area contributed by atoms with Crippen LogP contribution in [0.25, 0.3) is 0 Å². The van der Waals surface area contributed by atoms with Gasteiger partial charge in [-0.3, -0.25) is 0 Å². The van der Waals surface area contributed by atoms with Crippen molar-refractivity contribution in [3.63, 3.8) is 0 Å². The van der Waals surface area contributed by atoms with Crippen molar-refractivity contribution in [3.05, 3.63) is 0 Å². The van der Waals surface area contributed by atoms with Gasteiger partial charge in [0.2, 0.25) is 0 Å². The zero-order chi connectivity index (χ0) is 25.0. The molecule has 33 heavy (non-hydrogen) atoms. The molecule has 0 aromatic carbocycles. The van der Waals surface area contributed by atoms with Gasteiger partial charge in [0.1, 0.15) is 0 Å². The monoisotopic (exact) mass is 481 g/mol. The second-order valence-electron chi connectivity index (χ2n) is 12.0.